The molecule has 27 heavy (non-hydrogen) atoms. The fourth-order valence-corrected chi connectivity index (χ4v) is 4.24. The molecular formula is C23H25NO3. The van der Waals surface area contributed by atoms with Crippen molar-refractivity contribution in [3.8, 4) is 17.2 Å². The summed E-state index contributed by atoms with van der Waals surface area (Å²) in [5.41, 5.74) is 3.56. The highest BCUT2D eigenvalue weighted by Crippen LogP contribution is 2.52. The van der Waals surface area contributed by atoms with Gasteiger partial charge in [-0.15, -0.1) is 0 Å². The van der Waals surface area contributed by atoms with Gasteiger partial charge in [0.1, 0.15) is 12.4 Å². The number of ether oxygens (including phenoxy) is 3. The first-order valence-corrected chi connectivity index (χ1v) is 9.28. The zero-order valence-electron chi connectivity index (χ0n) is 15.8. The second-order valence-electron chi connectivity index (χ2n) is 6.91. The third-order valence-electron chi connectivity index (χ3n) is 5.48. The van der Waals surface area contributed by atoms with Crippen molar-refractivity contribution in [3.05, 3.63) is 72.3 Å². The van der Waals surface area contributed by atoms with Gasteiger partial charge in [0.25, 0.3) is 0 Å². The normalized spacial score (nSPS) is 22.4. The highest BCUT2D eigenvalue weighted by atomic mass is 16.5. The standard InChI is InChI=1S/C23H25NO3/c1-4-13-27-20-10-6-9-18-16-7-5-8-17(16)22(24-23(18)20)15-11-12-19(25-2)21(14-15)26-3/h4-7,9-12,14,16-17,22,24H,1,8,13H2,2-3H3. The minimum atomic E-state index is 0.172. The Morgan fingerprint density at radius 3 is 2.74 bits per heavy atom. The third-order valence-corrected chi connectivity index (χ3v) is 5.48. The van der Waals surface area contributed by atoms with E-state index in [1.807, 2.05) is 12.1 Å². The summed E-state index contributed by atoms with van der Waals surface area (Å²) in [6.45, 7) is 4.25. The van der Waals surface area contributed by atoms with Gasteiger partial charge < -0.3 is 19.5 Å². The molecule has 1 aliphatic heterocycles. The Labute approximate surface area is 160 Å². The van der Waals surface area contributed by atoms with E-state index in [9.17, 15) is 0 Å². The summed E-state index contributed by atoms with van der Waals surface area (Å²) in [6, 6.07) is 12.6. The van der Waals surface area contributed by atoms with E-state index in [1.165, 1.54) is 11.1 Å². The summed E-state index contributed by atoms with van der Waals surface area (Å²) in [5, 5.41) is 3.76. The molecule has 4 rings (SSSR count). The number of hydrogen-bond donors (Lipinski definition) is 1. The smallest absolute Gasteiger partial charge is 0.161 e. The number of anilines is 1. The predicted molar refractivity (Wildman–Crippen MR) is 108 cm³/mol. The molecule has 3 unspecified atom stereocenters. The molecule has 1 N–H and O–H groups in total. The SMILES string of the molecule is C=CCOc1cccc2c1NC(c1ccc(OC)c(OC)c1)C1CC=CC21. The van der Waals surface area contributed by atoms with Crippen LogP contribution in [0.2, 0.25) is 0 Å². The van der Waals surface area contributed by atoms with Crippen LogP contribution in [0.3, 0.4) is 0 Å². The average molecular weight is 363 g/mol. The quantitative estimate of drug-likeness (QED) is 0.725. The average Bonchev–Trinajstić information content (AvgIpc) is 3.21. The van der Waals surface area contributed by atoms with Crippen LogP contribution in [0.5, 0.6) is 17.2 Å². The first kappa shape index (κ1) is 17.5. The number of allylic oxidation sites excluding steroid dienone is 2. The second-order valence-corrected chi connectivity index (χ2v) is 6.91. The zero-order chi connectivity index (χ0) is 18.8. The largest absolute Gasteiger partial charge is 0.493 e. The molecule has 0 fully saturated rings. The molecule has 2 aromatic rings. The van der Waals surface area contributed by atoms with Crippen molar-refractivity contribution in [2.24, 2.45) is 5.92 Å². The van der Waals surface area contributed by atoms with Crippen molar-refractivity contribution in [1.29, 1.82) is 0 Å². The van der Waals surface area contributed by atoms with Crippen molar-refractivity contribution in [2.75, 3.05) is 26.1 Å². The van der Waals surface area contributed by atoms with E-state index >= 15 is 0 Å². The summed E-state index contributed by atoms with van der Waals surface area (Å²) >= 11 is 0. The molecule has 2 aromatic carbocycles. The van der Waals surface area contributed by atoms with E-state index in [1.54, 1.807) is 20.3 Å². The lowest BCUT2D eigenvalue weighted by molar-refractivity contribution is 0.351. The van der Waals surface area contributed by atoms with Crippen LogP contribution in [0.1, 0.15) is 29.5 Å². The molecule has 3 atom stereocenters. The van der Waals surface area contributed by atoms with Gasteiger partial charge in [-0.25, -0.2) is 0 Å². The Balaban J connectivity index is 1.75. The summed E-state index contributed by atoms with van der Waals surface area (Å²) < 4.78 is 16.8. The van der Waals surface area contributed by atoms with Gasteiger partial charge in [-0.3, -0.25) is 0 Å². The molecule has 0 amide bonds. The van der Waals surface area contributed by atoms with Gasteiger partial charge in [-0.1, -0.05) is 43.0 Å². The molecular weight excluding hydrogens is 338 g/mol. The van der Waals surface area contributed by atoms with E-state index in [2.05, 4.69) is 48.3 Å². The third kappa shape index (κ3) is 3.05. The van der Waals surface area contributed by atoms with Crippen LogP contribution in [0.4, 0.5) is 5.69 Å². The minimum absolute atomic E-state index is 0.172. The number of nitrogens with one attached hydrogen (secondary N) is 1. The molecule has 4 nitrogen and oxygen atoms in total. The number of hydrogen-bond acceptors (Lipinski definition) is 4. The highest BCUT2D eigenvalue weighted by Gasteiger charge is 2.39. The lowest BCUT2D eigenvalue weighted by Crippen LogP contribution is -2.29. The number of para-hydroxylation sites is 1. The fraction of sp³-hybridized carbons (Fsp3) is 0.304. The van der Waals surface area contributed by atoms with Crippen LogP contribution in [-0.4, -0.2) is 20.8 Å². The van der Waals surface area contributed by atoms with Crippen molar-refractivity contribution < 1.29 is 14.2 Å². The molecule has 0 aromatic heterocycles. The van der Waals surface area contributed by atoms with Crippen molar-refractivity contribution in [3.63, 3.8) is 0 Å². The van der Waals surface area contributed by atoms with Gasteiger partial charge in [-0.05, 0) is 41.7 Å². The van der Waals surface area contributed by atoms with Crippen molar-refractivity contribution in [2.45, 2.75) is 18.4 Å². The lowest BCUT2D eigenvalue weighted by Gasteiger charge is -2.38. The summed E-state index contributed by atoms with van der Waals surface area (Å²) in [4.78, 5) is 0. The zero-order valence-corrected chi connectivity index (χ0v) is 15.8. The number of rotatable bonds is 6. The number of benzene rings is 2. The first-order valence-electron chi connectivity index (χ1n) is 9.28. The lowest BCUT2D eigenvalue weighted by atomic mass is 9.77. The molecule has 2 aliphatic rings. The van der Waals surface area contributed by atoms with Gasteiger partial charge in [0, 0.05) is 5.92 Å². The molecule has 0 bridgehead atoms. The number of methoxy groups -OCH3 is 2. The van der Waals surface area contributed by atoms with Gasteiger partial charge in [0.05, 0.1) is 25.9 Å². The van der Waals surface area contributed by atoms with Gasteiger partial charge >= 0.3 is 0 Å². The van der Waals surface area contributed by atoms with E-state index in [0.29, 0.717) is 18.4 Å². The van der Waals surface area contributed by atoms with E-state index in [0.717, 1.165) is 29.4 Å². The molecule has 0 spiro atoms. The maximum absolute atomic E-state index is 5.92. The Hall–Kier alpha value is -2.88. The van der Waals surface area contributed by atoms with E-state index in [4.69, 9.17) is 14.2 Å². The molecule has 0 radical (unpaired) electrons. The molecule has 4 heteroatoms. The van der Waals surface area contributed by atoms with E-state index in [-0.39, 0.29) is 6.04 Å². The predicted octanol–water partition coefficient (Wildman–Crippen LogP) is 5.10. The highest BCUT2D eigenvalue weighted by molar-refractivity contribution is 5.68. The van der Waals surface area contributed by atoms with Gasteiger partial charge in [0.15, 0.2) is 11.5 Å². The van der Waals surface area contributed by atoms with Crippen LogP contribution in [0.25, 0.3) is 0 Å². The van der Waals surface area contributed by atoms with Crippen molar-refractivity contribution in [1.82, 2.24) is 0 Å². The summed E-state index contributed by atoms with van der Waals surface area (Å²) in [6.07, 6.45) is 7.44. The summed E-state index contributed by atoms with van der Waals surface area (Å²) in [5.74, 6) is 3.21. The monoisotopic (exact) mass is 363 g/mol. The fourth-order valence-electron chi connectivity index (χ4n) is 4.24. The molecule has 1 aliphatic carbocycles. The molecule has 140 valence electrons. The molecule has 1 heterocycles. The van der Waals surface area contributed by atoms with Crippen molar-refractivity contribution >= 4 is 5.69 Å². The molecule has 0 saturated heterocycles. The van der Waals surface area contributed by atoms with Gasteiger partial charge in [-0.2, -0.15) is 0 Å². The van der Waals surface area contributed by atoms with E-state index < -0.39 is 0 Å². The molecule has 0 saturated carbocycles. The minimum Gasteiger partial charge on any atom is -0.493 e. The Kier molecular flexibility index (Phi) is 4.80. The maximum Gasteiger partial charge on any atom is 0.161 e. The maximum atomic E-state index is 5.92. The van der Waals surface area contributed by atoms with Gasteiger partial charge in [0.2, 0.25) is 0 Å². The van der Waals surface area contributed by atoms with Crippen LogP contribution >= 0.6 is 0 Å². The first-order chi connectivity index (χ1) is 13.3. The Morgan fingerprint density at radius 2 is 1.96 bits per heavy atom. The topological polar surface area (TPSA) is 39.7 Å². The summed E-state index contributed by atoms with van der Waals surface area (Å²) in [7, 11) is 3.33. The van der Waals surface area contributed by atoms with Crippen LogP contribution in [0, 0.1) is 5.92 Å². The van der Waals surface area contributed by atoms with Crippen LogP contribution in [0.15, 0.2) is 61.2 Å². The Bertz CT molecular complexity index is 874. The Morgan fingerprint density at radius 1 is 1.11 bits per heavy atom. The second kappa shape index (κ2) is 7.39. The van der Waals surface area contributed by atoms with Crippen LogP contribution in [-0.2, 0) is 0 Å². The van der Waals surface area contributed by atoms with Crippen LogP contribution < -0.4 is 19.5 Å². The number of fused-ring (bicyclic) bond motifs is 3.